The number of ether oxygens (including phenoxy) is 1. The van der Waals surface area contributed by atoms with E-state index in [9.17, 15) is 4.39 Å². The Bertz CT molecular complexity index is 1000. The number of pyridine rings is 2. The van der Waals surface area contributed by atoms with E-state index in [1.807, 2.05) is 39.8 Å². The van der Waals surface area contributed by atoms with Gasteiger partial charge in [-0.3, -0.25) is 9.88 Å². The topological polar surface area (TPSA) is 51.1 Å². The van der Waals surface area contributed by atoms with Gasteiger partial charge in [-0.2, -0.15) is 0 Å². The number of rotatable bonds is 5. The maximum Gasteiger partial charge on any atom is 0.171 e. The van der Waals surface area contributed by atoms with Crippen molar-refractivity contribution in [1.82, 2.24) is 19.9 Å². The summed E-state index contributed by atoms with van der Waals surface area (Å²) in [6.07, 6.45) is 2.19. The van der Waals surface area contributed by atoms with Crippen LogP contribution in [0.3, 0.4) is 0 Å². The van der Waals surface area contributed by atoms with Crippen LogP contribution in [0.1, 0.15) is 47.9 Å². The molecule has 1 aliphatic rings. The van der Waals surface area contributed by atoms with Crippen molar-refractivity contribution in [3.8, 4) is 5.75 Å². The molecular formula is C22H27FN4OS. The minimum atomic E-state index is -0.241. The molecule has 0 radical (unpaired) electrons. The largest absolute Gasteiger partial charge is 0.493 e. The summed E-state index contributed by atoms with van der Waals surface area (Å²) in [4.78, 5) is 15.7. The van der Waals surface area contributed by atoms with Crippen LogP contribution in [0.15, 0.2) is 18.2 Å². The summed E-state index contributed by atoms with van der Waals surface area (Å²) in [7, 11) is 0. The lowest BCUT2D eigenvalue weighted by Crippen LogP contribution is -2.39. The van der Waals surface area contributed by atoms with Gasteiger partial charge < -0.3 is 4.74 Å². The van der Waals surface area contributed by atoms with Gasteiger partial charge in [-0.25, -0.2) is 14.4 Å². The maximum absolute atomic E-state index is 14.7. The summed E-state index contributed by atoms with van der Waals surface area (Å²) < 4.78 is 21.6. The molecule has 4 rings (SSSR count). The first-order valence-electron chi connectivity index (χ1n) is 10.1. The number of fused-ring (bicyclic) bond motifs is 1. The molecule has 29 heavy (non-hydrogen) atoms. The van der Waals surface area contributed by atoms with Gasteiger partial charge >= 0.3 is 0 Å². The van der Waals surface area contributed by atoms with E-state index in [-0.39, 0.29) is 11.9 Å². The number of hydrogen-bond acceptors (Lipinski definition) is 6. The molecule has 1 fully saturated rings. The smallest absolute Gasteiger partial charge is 0.171 e. The number of piperidine rings is 1. The SMILES string of the molecule is Cc1cc(OCC2CCCN(C(C)c3nc4nc(C)sc4cc3F)C2)cc(C)n1. The Morgan fingerprint density at radius 3 is 2.69 bits per heavy atom. The van der Waals surface area contributed by atoms with Crippen LogP contribution in [0.2, 0.25) is 0 Å². The van der Waals surface area contributed by atoms with Crippen molar-refractivity contribution in [2.45, 2.75) is 46.6 Å². The first-order valence-corrected chi connectivity index (χ1v) is 11.0. The van der Waals surface area contributed by atoms with Crippen molar-refractivity contribution >= 4 is 21.7 Å². The number of thiazole rings is 1. The van der Waals surface area contributed by atoms with Crippen LogP contribution < -0.4 is 4.74 Å². The van der Waals surface area contributed by atoms with Crippen molar-refractivity contribution in [2.75, 3.05) is 19.7 Å². The molecule has 3 aromatic rings. The third kappa shape index (κ3) is 4.56. The van der Waals surface area contributed by atoms with Crippen molar-refractivity contribution < 1.29 is 9.13 Å². The number of hydrogen-bond donors (Lipinski definition) is 0. The van der Waals surface area contributed by atoms with Gasteiger partial charge in [-0.15, -0.1) is 11.3 Å². The van der Waals surface area contributed by atoms with Gasteiger partial charge in [0.15, 0.2) is 5.65 Å². The number of likely N-dealkylation sites (tertiary alicyclic amines) is 1. The maximum atomic E-state index is 14.7. The van der Waals surface area contributed by atoms with Gasteiger partial charge in [-0.1, -0.05) is 0 Å². The summed E-state index contributed by atoms with van der Waals surface area (Å²) in [6.45, 7) is 10.4. The summed E-state index contributed by atoms with van der Waals surface area (Å²) in [5.41, 5.74) is 3.07. The molecule has 0 amide bonds. The van der Waals surface area contributed by atoms with E-state index in [1.165, 1.54) is 11.3 Å². The minimum absolute atomic E-state index is 0.0883. The van der Waals surface area contributed by atoms with E-state index in [4.69, 9.17) is 4.74 Å². The Balaban J connectivity index is 1.44. The summed E-state index contributed by atoms with van der Waals surface area (Å²) in [6, 6.07) is 5.44. The van der Waals surface area contributed by atoms with Crippen molar-refractivity contribution in [1.29, 1.82) is 0 Å². The first kappa shape index (κ1) is 20.2. The highest BCUT2D eigenvalue weighted by Crippen LogP contribution is 2.30. The van der Waals surface area contributed by atoms with E-state index in [2.05, 4.69) is 19.9 Å². The van der Waals surface area contributed by atoms with Crippen LogP contribution in [-0.2, 0) is 0 Å². The zero-order chi connectivity index (χ0) is 20.5. The van der Waals surface area contributed by atoms with Gasteiger partial charge in [0.1, 0.15) is 11.6 Å². The number of halogens is 1. The van der Waals surface area contributed by atoms with E-state index in [0.717, 1.165) is 52.8 Å². The molecule has 4 heterocycles. The highest BCUT2D eigenvalue weighted by atomic mass is 32.1. The Kier molecular flexibility index (Phi) is 5.79. The second-order valence-corrected chi connectivity index (χ2v) is 9.22. The average molecular weight is 415 g/mol. The van der Waals surface area contributed by atoms with E-state index in [1.54, 1.807) is 6.07 Å². The summed E-state index contributed by atoms with van der Waals surface area (Å²) in [5, 5.41) is 0.911. The molecule has 1 saturated heterocycles. The summed E-state index contributed by atoms with van der Waals surface area (Å²) >= 11 is 1.48. The van der Waals surface area contributed by atoms with Crippen molar-refractivity contribution in [2.24, 2.45) is 5.92 Å². The average Bonchev–Trinajstić information content (AvgIpc) is 3.03. The van der Waals surface area contributed by atoms with Crippen LogP contribution in [0.4, 0.5) is 4.39 Å². The first-order chi connectivity index (χ1) is 13.9. The predicted octanol–water partition coefficient (Wildman–Crippen LogP) is 5.00. The van der Waals surface area contributed by atoms with Crippen LogP contribution in [0.25, 0.3) is 10.3 Å². The van der Waals surface area contributed by atoms with Crippen LogP contribution >= 0.6 is 11.3 Å². The molecule has 5 nitrogen and oxygen atoms in total. The zero-order valence-electron chi connectivity index (χ0n) is 17.4. The predicted molar refractivity (Wildman–Crippen MR) is 114 cm³/mol. The fourth-order valence-electron chi connectivity index (χ4n) is 4.11. The van der Waals surface area contributed by atoms with Gasteiger partial charge in [0.25, 0.3) is 0 Å². The molecular weight excluding hydrogens is 387 g/mol. The fraction of sp³-hybridized carbons (Fsp3) is 0.500. The molecule has 3 aromatic heterocycles. The number of aryl methyl sites for hydroxylation is 3. The van der Waals surface area contributed by atoms with Crippen LogP contribution in [0, 0.1) is 32.5 Å². The molecule has 154 valence electrons. The molecule has 0 aromatic carbocycles. The van der Waals surface area contributed by atoms with Crippen molar-refractivity contribution in [3.05, 3.63) is 46.1 Å². The fourth-order valence-corrected chi connectivity index (χ4v) is 4.90. The highest BCUT2D eigenvalue weighted by Gasteiger charge is 2.27. The standard InChI is InChI=1S/C22H27FN4OS/c1-13-8-18(9-14(2)24-13)28-12-17-6-5-7-27(11-17)15(3)21-19(23)10-20-22(26-21)25-16(4)29-20/h8-10,15,17H,5-7,11-12H2,1-4H3. The van der Waals surface area contributed by atoms with Gasteiger partial charge in [0.05, 0.1) is 28.1 Å². The zero-order valence-corrected chi connectivity index (χ0v) is 18.2. The molecule has 2 unspecified atom stereocenters. The third-order valence-corrected chi connectivity index (χ3v) is 6.41. The minimum Gasteiger partial charge on any atom is -0.493 e. The number of aromatic nitrogens is 3. The Morgan fingerprint density at radius 1 is 1.17 bits per heavy atom. The monoisotopic (exact) mass is 414 g/mol. The lowest BCUT2D eigenvalue weighted by atomic mass is 9.97. The highest BCUT2D eigenvalue weighted by molar-refractivity contribution is 7.18. The third-order valence-electron chi connectivity index (χ3n) is 5.50. The molecule has 0 aliphatic carbocycles. The molecule has 7 heteroatoms. The van der Waals surface area contributed by atoms with Crippen LogP contribution in [-0.4, -0.2) is 39.5 Å². The molecule has 0 bridgehead atoms. The quantitative estimate of drug-likeness (QED) is 0.588. The Morgan fingerprint density at radius 2 is 1.93 bits per heavy atom. The normalized spacial score (nSPS) is 18.9. The van der Waals surface area contributed by atoms with Gasteiger partial charge in [0.2, 0.25) is 0 Å². The van der Waals surface area contributed by atoms with E-state index < -0.39 is 0 Å². The second-order valence-electron chi connectivity index (χ2n) is 7.99. The lowest BCUT2D eigenvalue weighted by Gasteiger charge is -2.36. The molecule has 0 spiro atoms. The molecule has 1 aliphatic heterocycles. The van der Waals surface area contributed by atoms with Gasteiger partial charge in [-0.05, 0) is 53.1 Å². The van der Waals surface area contributed by atoms with Crippen LogP contribution in [0.5, 0.6) is 5.75 Å². The Labute approximate surface area is 175 Å². The molecule has 0 saturated carbocycles. The molecule has 0 N–H and O–H groups in total. The molecule has 2 atom stereocenters. The van der Waals surface area contributed by atoms with Gasteiger partial charge in [0, 0.05) is 36.0 Å². The lowest BCUT2D eigenvalue weighted by molar-refractivity contribution is 0.0978. The van der Waals surface area contributed by atoms with E-state index >= 15 is 0 Å². The van der Waals surface area contributed by atoms with E-state index in [0.29, 0.717) is 23.9 Å². The Hall–Kier alpha value is -2.12. The van der Waals surface area contributed by atoms with Crippen molar-refractivity contribution in [3.63, 3.8) is 0 Å². The number of nitrogens with zero attached hydrogens (tertiary/aromatic N) is 4. The second kappa shape index (κ2) is 8.32. The summed E-state index contributed by atoms with van der Waals surface area (Å²) in [5.74, 6) is 1.04.